The first kappa shape index (κ1) is 13.7. The lowest BCUT2D eigenvalue weighted by molar-refractivity contribution is 0.239. The first-order chi connectivity index (χ1) is 10.1. The second-order valence-corrected chi connectivity index (χ2v) is 5.37. The van der Waals surface area contributed by atoms with E-state index < -0.39 is 0 Å². The normalized spacial score (nSPS) is 12.8. The van der Waals surface area contributed by atoms with Gasteiger partial charge < -0.3 is 14.9 Å². The molecule has 0 aliphatic carbocycles. The highest BCUT2D eigenvalue weighted by Crippen LogP contribution is 2.31. The standard InChI is InChI=1S/C18H19NO2/c1-12(2)20-16-10-6-4-8-14(16)18(19)17-11-13-7-3-5-9-15(13)21-17/h3-12,18H,19H2,1-2H3. The molecule has 0 aliphatic heterocycles. The number of hydrogen-bond donors (Lipinski definition) is 1. The van der Waals surface area contributed by atoms with Gasteiger partial charge in [-0.05, 0) is 32.0 Å². The predicted molar refractivity (Wildman–Crippen MR) is 84.5 cm³/mol. The Hall–Kier alpha value is -2.26. The van der Waals surface area contributed by atoms with Crippen LogP contribution in [-0.4, -0.2) is 6.10 Å². The Kier molecular flexibility index (Phi) is 3.67. The Labute approximate surface area is 124 Å². The van der Waals surface area contributed by atoms with Crippen LogP contribution in [0, 0.1) is 0 Å². The summed E-state index contributed by atoms with van der Waals surface area (Å²) in [6.07, 6.45) is 0.106. The zero-order chi connectivity index (χ0) is 14.8. The number of nitrogens with two attached hydrogens (primary N) is 1. The second kappa shape index (κ2) is 5.62. The predicted octanol–water partition coefficient (Wildman–Crippen LogP) is 4.27. The molecule has 3 nitrogen and oxygen atoms in total. The van der Waals surface area contributed by atoms with Crippen molar-refractivity contribution in [3.05, 3.63) is 65.9 Å². The number of furan rings is 1. The van der Waals surface area contributed by atoms with Crippen LogP contribution >= 0.6 is 0 Å². The van der Waals surface area contributed by atoms with Gasteiger partial charge in [-0.15, -0.1) is 0 Å². The highest BCUT2D eigenvalue weighted by Gasteiger charge is 2.18. The molecule has 0 bridgehead atoms. The maximum absolute atomic E-state index is 6.38. The molecular weight excluding hydrogens is 262 g/mol. The fourth-order valence-corrected chi connectivity index (χ4v) is 2.41. The van der Waals surface area contributed by atoms with Crippen molar-refractivity contribution < 1.29 is 9.15 Å². The highest BCUT2D eigenvalue weighted by molar-refractivity contribution is 5.78. The van der Waals surface area contributed by atoms with Crippen molar-refractivity contribution in [1.82, 2.24) is 0 Å². The molecule has 0 saturated heterocycles. The van der Waals surface area contributed by atoms with Crippen LogP contribution in [0.4, 0.5) is 0 Å². The molecular formula is C18H19NO2. The summed E-state index contributed by atoms with van der Waals surface area (Å²) in [6.45, 7) is 4.01. The molecule has 0 aliphatic rings. The summed E-state index contributed by atoms with van der Waals surface area (Å²) in [7, 11) is 0. The highest BCUT2D eigenvalue weighted by atomic mass is 16.5. The van der Waals surface area contributed by atoms with E-state index >= 15 is 0 Å². The summed E-state index contributed by atoms with van der Waals surface area (Å²) < 4.78 is 11.7. The van der Waals surface area contributed by atoms with Crippen molar-refractivity contribution in [2.75, 3.05) is 0 Å². The van der Waals surface area contributed by atoms with E-state index in [4.69, 9.17) is 14.9 Å². The Morgan fingerprint density at radius 3 is 2.48 bits per heavy atom. The summed E-state index contributed by atoms with van der Waals surface area (Å²) in [5, 5.41) is 1.06. The molecule has 108 valence electrons. The van der Waals surface area contributed by atoms with Crippen LogP contribution in [0.2, 0.25) is 0 Å². The third-order valence-electron chi connectivity index (χ3n) is 3.37. The zero-order valence-electron chi connectivity index (χ0n) is 12.2. The average molecular weight is 281 g/mol. The molecule has 21 heavy (non-hydrogen) atoms. The van der Waals surface area contributed by atoms with Gasteiger partial charge in [0.1, 0.15) is 17.1 Å². The van der Waals surface area contributed by atoms with Crippen molar-refractivity contribution >= 4 is 11.0 Å². The first-order valence-corrected chi connectivity index (χ1v) is 7.15. The number of para-hydroxylation sites is 2. The largest absolute Gasteiger partial charge is 0.491 e. The lowest BCUT2D eigenvalue weighted by Gasteiger charge is -2.17. The second-order valence-electron chi connectivity index (χ2n) is 5.37. The van der Waals surface area contributed by atoms with Crippen LogP contribution in [0.15, 0.2) is 59.0 Å². The monoisotopic (exact) mass is 281 g/mol. The summed E-state index contributed by atoms with van der Waals surface area (Å²) in [6, 6.07) is 17.4. The molecule has 3 heteroatoms. The Morgan fingerprint density at radius 2 is 1.71 bits per heavy atom. The van der Waals surface area contributed by atoms with Gasteiger partial charge in [-0.25, -0.2) is 0 Å². The molecule has 3 aromatic rings. The molecule has 0 radical (unpaired) electrons. The van der Waals surface area contributed by atoms with E-state index in [-0.39, 0.29) is 12.1 Å². The van der Waals surface area contributed by atoms with Crippen LogP contribution in [-0.2, 0) is 0 Å². The Bertz CT molecular complexity index is 713. The summed E-state index contributed by atoms with van der Waals surface area (Å²) in [5.74, 6) is 1.55. The first-order valence-electron chi connectivity index (χ1n) is 7.15. The molecule has 1 aromatic heterocycles. The Morgan fingerprint density at radius 1 is 1.00 bits per heavy atom. The minimum absolute atomic E-state index is 0.106. The van der Waals surface area contributed by atoms with E-state index in [1.165, 1.54) is 0 Å². The van der Waals surface area contributed by atoms with Crippen LogP contribution in [0.25, 0.3) is 11.0 Å². The average Bonchev–Trinajstić information content (AvgIpc) is 2.90. The van der Waals surface area contributed by atoms with E-state index in [9.17, 15) is 0 Å². The fraction of sp³-hybridized carbons (Fsp3) is 0.222. The topological polar surface area (TPSA) is 48.4 Å². The lowest BCUT2D eigenvalue weighted by Crippen LogP contribution is -2.15. The molecule has 0 spiro atoms. The molecule has 0 amide bonds. The van der Waals surface area contributed by atoms with Gasteiger partial charge in [0, 0.05) is 10.9 Å². The summed E-state index contributed by atoms with van der Waals surface area (Å²) in [4.78, 5) is 0. The number of hydrogen-bond acceptors (Lipinski definition) is 3. The molecule has 1 unspecified atom stereocenters. The third kappa shape index (κ3) is 2.78. The van der Waals surface area contributed by atoms with Crippen molar-refractivity contribution in [1.29, 1.82) is 0 Å². The minimum atomic E-state index is -0.340. The van der Waals surface area contributed by atoms with E-state index in [0.29, 0.717) is 0 Å². The maximum Gasteiger partial charge on any atom is 0.134 e. The van der Waals surface area contributed by atoms with Gasteiger partial charge in [-0.1, -0.05) is 36.4 Å². The molecule has 1 heterocycles. The smallest absolute Gasteiger partial charge is 0.134 e. The van der Waals surface area contributed by atoms with Crippen LogP contribution in [0.3, 0.4) is 0 Å². The van der Waals surface area contributed by atoms with Crippen LogP contribution in [0.1, 0.15) is 31.2 Å². The van der Waals surface area contributed by atoms with Crippen molar-refractivity contribution in [3.8, 4) is 5.75 Å². The number of rotatable bonds is 4. The van der Waals surface area contributed by atoms with Crippen LogP contribution in [0.5, 0.6) is 5.75 Å². The molecule has 0 fully saturated rings. The van der Waals surface area contributed by atoms with Crippen molar-refractivity contribution in [3.63, 3.8) is 0 Å². The third-order valence-corrected chi connectivity index (χ3v) is 3.37. The number of benzene rings is 2. The van der Waals surface area contributed by atoms with E-state index in [0.717, 1.165) is 28.0 Å². The molecule has 1 atom stereocenters. The fourth-order valence-electron chi connectivity index (χ4n) is 2.41. The molecule has 2 aromatic carbocycles. The van der Waals surface area contributed by atoms with Gasteiger partial charge in [-0.3, -0.25) is 0 Å². The van der Waals surface area contributed by atoms with E-state index in [1.54, 1.807) is 0 Å². The van der Waals surface area contributed by atoms with Gasteiger partial charge in [0.2, 0.25) is 0 Å². The van der Waals surface area contributed by atoms with Gasteiger partial charge in [0.15, 0.2) is 0 Å². The Balaban J connectivity index is 1.99. The van der Waals surface area contributed by atoms with Gasteiger partial charge in [0.05, 0.1) is 12.1 Å². The SMILES string of the molecule is CC(C)Oc1ccccc1C(N)c1cc2ccccc2o1. The minimum Gasteiger partial charge on any atom is -0.491 e. The molecule has 0 saturated carbocycles. The summed E-state index contributed by atoms with van der Waals surface area (Å²) >= 11 is 0. The lowest BCUT2D eigenvalue weighted by atomic mass is 10.0. The number of fused-ring (bicyclic) bond motifs is 1. The van der Waals surface area contributed by atoms with Gasteiger partial charge in [0.25, 0.3) is 0 Å². The zero-order valence-corrected chi connectivity index (χ0v) is 12.2. The quantitative estimate of drug-likeness (QED) is 0.777. The number of ether oxygens (including phenoxy) is 1. The summed E-state index contributed by atoms with van der Waals surface area (Å²) in [5.41, 5.74) is 8.17. The van der Waals surface area contributed by atoms with Crippen molar-refractivity contribution in [2.45, 2.75) is 26.0 Å². The maximum atomic E-state index is 6.38. The van der Waals surface area contributed by atoms with Gasteiger partial charge >= 0.3 is 0 Å². The van der Waals surface area contributed by atoms with Crippen molar-refractivity contribution in [2.24, 2.45) is 5.73 Å². The van der Waals surface area contributed by atoms with E-state index in [1.807, 2.05) is 68.4 Å². The molecule has 3 rings (SSSR count). The van der Waals surface area contributed by atoms with Crippen LogP contribution < -0.4 is 10.5 Å². The van der Waals surface area contributed by atoms with Gasteiger partial charge in [-0.2, -0.15) is 0 Å². The van der Waals surface area contributed by atoms with E-state index in [2.05, 4.69) is 0 Å². The molecule has 2 N–H and O–H groups in total.